The lowest BCUT2D eigenvalue weighted by Crippen LogP contribution is -2.36. The summed E-state index contributed by atoms with van der Waals surface area (Å²) in [4.78, 5) is 15.6. The standard InChI is InChI=1S/C20H31NO5/c1-2-3-4-5-7-14(22)9-10-15-16-12-18(17(16)13-19(15)23)21-26-11-6-8-20(24)25/h14-17,19,22-23H,2-8,11-13H2,1H3,(H,24,25). The second kappa shape index (κ2) is 10.5. The van der Waals surface area contributed by atoms with E-state index in [0.717, 1.165) is 25.0 Å². The van der Waals surface area contributed by atoms with Crippen molar-refractivity contribution in [3.63, 3.8) is 0 Å². The fourth-order valence-electron chi connectivity index (χ4n) is 3.76. The molecule has 2 rings (SSSR count). The topological polar surface area (TPSA) is 99.4 Å². The predicted octanol–water partition coefficient (Wildman–Crippen LogP) is 2.58. The lowest BCUT2D eigenvalue weighted by atomic mass is 9.71. The van der Waals surface area contributed by atoms with Crippen molar-refractivity contribution in [3.05, 3.63) is 0 Å². The van der Waals surface area contributed by atoms with Gasteiger partial charge in [0.15, 0.2) is 0 Å². The van der Waals surface area contributed by atoms with Crippen molar-refractivity contribution in [1.29, 1.82) is 0 Å². The molecular weight excluding hydrogens is 334 g/mol. The van der Waals surface area contributed by atoms with E-state index in [1.54, 1.807) is 0 Å². The molecule has 2 saturated carbocycles. The summed E-state index contributed by atoms with van der Waals surface area (Å²) in [5, 5.41) is 32.9. The number of carboxylic acids is 1. The molecule has 0 aromatic carbocycles. The summed E-state index contributed by atoms with van der Waals surface area (Å²) in [6.07, 6.45) is 5.98. The Morgan fingerprint density at radius 2 is 2.15 bits per heavy atom. The van der Waals surface area contributed by atoms with Crippen molar-refractivity contribution in [2.75, 3.05) is 6.61 Å². The summed E-state index contributed by atoms with van der Waals surface area (Å²) in [6, 6.07) is 0. The van der Waals surface area contributed by atoms with Crippen molar-refractivity contribution in [1.82, 2.24) is 0 Å². The highest BCUT2D eigenvalue weighted by Crippen LogP contribution is 2.48. The first kappa shape index (κ1) is 20.7. The molecule has 0 heterocycles. The number of oxime groups is 1. The van der Waals surface area contributed by atoms with Gasteiger partial charge in [0.05, 0.1) is 17.7 Å². The van der Waals surface area contributed by atoms with E-state index in [1.165, 1.54) is 12.8 Å². The number of carboxylic acid groups (broad SMARTS) is 1. The van der Waals surface area contributed by atoms with E-state index in [1.807, 2.05) is 0 Å². The van der Waals surface area contributed by atoms with Crippen LogP contribution in [0.5, 0.6) is 0 Å². The first-order valence-corrected chi connectivity index (χ1v) is 9.80. The third-order valence-electron chi connectivity index (χ3n) is 5.32. The normalized spacial score (nSPS) is 29.4. The van der Waals surface area contributed by atoms with E-state index in [0.29, 0.717) is 25.9 Å². The van der Waals surface area contributed by atoms with E-state index >= 15 is 0 Å². The molecule has 0 aromatic heterocycles. The summed E-state index contributed by atoms with van der Waals surface area (Å²) < 4.78 is 0. The summed E-state index contributed by atoms with van der Waals surface area (Å²) in [5.74, 6) is 5.57. The zero-order valence-corrected chi connectivity index (χ0v) is 15.6. The van der Waals surface area contributed by atoms with E-state index in [4.69, 9.17) is 9.94 Å². The lowest BCUT2D eigenvalue weighted by molar-refractivity contribution is -0.137. The van der Waals surface area contributed by atoms with Gasteiger partial charge in [0.1, 0.15) is 12.7 Å². The molecule has 6 nitrogen and oxygen atoms in total. The van der Waals surface area contributed by atoms with Gasteiger partial charge in [0.25, 0.3) is 0 Å². The average molecular weight is 365 g/mol. The Labute approximate surface area is 155 Å². The number of aliphatic hydroxyl groups excluding tert-OH is 2. The molecule has 146 valence electrons. The fraction of sp³-hybridized carbons (Fsp3) is 0.800. The molecule has 0 aromatic rings. The minimum Gasteiger partial charge on any atom is -0.481 e. The molecule has 5 atom stereocenters. The van der Waals surface area contributed by atoms with E-state index in [2.05, 4.69) is 23.9 Å². The quantitative estimate of drug-likeness (QED) is 0.314. The smallest absolute Gasteiger partial charge is 0.303 e. The highest BCUT2D eigenvalue weighted by atomic mass is 16.6. The molecule has 0 bridgehead atoms. The monoisotopic (exact) mass is 365 g/mol. The van der Waals surface area contributed by atoms with E-state index in [9.17, 15) is 15.0 Å². The maximum atomic E-state index is 10.4. The SMILES string of the molecule is CCCCCCC(O)C#CC1C(O)CC2C(=NOCCCC(=O)O)CC21. The van der Waals surface area contributed by atoms with Crippen LogP contribution in [-0.2, 0) is 9.63 Å². The van der Waals surface area contributed by atoms with Crippen LogP contribution in [0.1, 0.15) is 64.7 Å². The van der Waals surface area contributed by atoms with Crippen molar-refractivity contribution in [3.8, 4) is 11.8 Å². The molecule has 3 N–H and O–H groups in total. The van der Waals surface area contributed by atoms with Crippen LogP contribution in [0.15, 0.2) is 5.16 Å². The van der Waals surface area contributed by atoms with Crippen LogP contribution in [0.4, 0.5) is 0 Å². The number of fused-ring (bicyclic) bond motifs is 1. The largest absolute Gasteiger partial charge is 0.481 e. The number of rotatable bonds is 10. The summed E-state index contributed by atoms with van der Waals surface area (Å²) in [6.45, 7) is 2.45. The zero-order chi connectivity index (χ0) is 18.9. The molecule has 0 amide bonds. The lowest BCUT2D eigenvalue weighted by Gasteiger charge is -2.33. The number of aliphatic hydroxyl groups is 2. The minimum absolute atomic E-state index is 0.0774. The van der Waals surface area contributed by atoms with Crippen molar-refractivity contribution in [2.45, 2.75) is 76.9 Å². The number of hydrogen-bond donors (Lipinski definition) is 3. The van der Waals surface area contributed by atoms with Gasteiger partial charge in [-0.15, -0.1) is 0 Å². The molecule has 0 radical (unpaired) electrons. The van der Waals surface area contributed by atoms with Crippen LogP contribution in [0, 0.1) is 29.6 Å². The molecule has 26 heavy (non-hydrogen) atoms. The first-order chi connectivity index (χ1) is 12.5. The van der Waals surface area contributed by atoms with Crippen LogP contribution in [0.25, 0.3) is 0 Å². The molecule has 2 fully saturated rings. The van der Waals surface area contributed by atoms with Crippen molar-refractivity contribution < 1.29 is 25.0 Å². The van der Waals surface area contributed by atoms with Gasteiger partial charge in [0.2, 0.25) is 0 Å². The second-order valence-electron chi connectivity index (χ2n) is 7.37. The van der Waals surface area contributed by atoms with Gasteiger partial charge < -0.3 is 20.2 Å². The Hall–Kier alpha value is -1.58. The van der Waals surface area contributed by atoms with E-state index < -0.39 is 18.2 Å². The van der Waals surface area contributed by atoms with Gasteiger partial charge in [-0.3, -0.25) is 4.79 Å². The highest BCUT2D eigenvalue weighted by molar-refractivity contribution is 5.93. The van der Waals surface area contributed by atoms with Crippen molar-refractivity contribution in [2.24, 2.45) is 22.9 Å². The summed E-state index contributed by atoms with van der Waals surface area (Å²) in [7, 11) is 0. The number of carbonyl (C=O) groups is 1. The molecule has 0 saturated heterocycles. The molecule has 5 unspecified atom stereocenters. The Balaban J connectivity index is 1.74. The fourth-order valence-corrected chi connectivity index (χ4v) is 3.76. The number of hydrogen-bond acceptors (Lipinski definition) is 5. The van der Waals surface area contributed by atoms with Crippen LogP contribution in [-0.4, -0.2) is 45.8 Å². The molecule has 2 aliphatic rings. The van der Waals surface area contributed by atoms with Gasteiger partial charge in [0, 0.05) is 12.3 Å². The van der Waals surface area contributed by atoms with Gasteiger partial charge in [-0.25, -0.2) is 0 Å². The Bertz CT molecular complexity index is 550. The zero-order valence-electron chi connectivity index (χ0n) is 15.6. The van der Waals surface area contributed by atoms with Gasteiger partial charge in [-0.1, -0.05) is 43.2 Å². The Morgan fingerprint density at radius 3 is 2.88 bits per heavy atom. The molecule has 6 heteroatoms. The van der Waals surface area contributed by atoms with Gasteiger partial charge in [-0.05, 0) is 38.0 Å². The summed E-state index contributed by atoms with van der Waals surface area (Å²) in [5.41, 5.74) is 0.939. The molecule has 2 aliphatic carbocycles. The minimum atomic E-state index is -0.835. The maximum absolute atomic E-state index is 10.4. The molecule has 0 spiro atoms. The van der Waals surface area contributed by atoms with Crippen molar-refractivity contribution >= 4 is 11.7 Å². The van der Waals surface area contributed by atoms with E-state index in [-0.39, 0.29) is 24.2 Å². The third kappa shape index (κ3) is 6.00. The first-order valence-electron chi connectivity index (χ1n) is 9.80. The third-order valence-corrected chi connectivity index (χ3v) is 5.32. The van der Waals surface area contributed by atoms with Crippen LogP contribution in [0.2, 0.25) is 0 Å². The van der Waals surface area contributed by atoms with Crippen LogP contribution >= 0.6 is 0 Å². The highest BCUT2D eigenvalue weighted by Gasteiger charge is 2.51. The van der Waals surface area contributed by atoms with Gasteiger partial charge in [-0.2, -0.15) is 0 Å². The number of aliphatic carboxylic acids is 1. The summed E-state index contributed by atoms with van der Waals surface area (Å²) >= 11 is 0. The molecular formula is C20H31NO5. The maximum Gasteiger partial charge on any atom is 0.303 e. The van der Waals surface area contributed by atoms with Gasteiger partial charge >= 0.3 is 5.97 Å². The van der Waals surface area contributed by atoms with Crippen LogP contribution in [0.3, 0.4) is 0 Å². The van der Waals surface area contributed by atoms with Crippen LogP contribution < -0.4 is 0 Å². The Morgan fingerprint density at radius 1 is 1.35 bits per heavy atom. The number of unbranched alkanes of at least 4 members (excludes halogenated alkanes) is 3. The average Bonchev–Trinajstić information content (AvgIpc) is 2.84. The Kier molecular flexibility index (Phi) is 8.40. The number of nitrogens with zero attached hydrogens (tertiary/aromatic N) is 1. The predicted molar refractivity (Wildman–Crippen MR) is 98.5 cm³/mol. The molecule has 0 aliphatic heterocycles. The second-order valence-corrected chi connectivity index (χ2v) is 7.37.